The van der Waals surface area contributed by atoms with Gasteiger partial charge in [0, 0.05) is 24.7 Å². The zero-order valence-corrected chi connectivity index (χ0v) is 14.8. The van der Waals surface area contributed by atoms with Gasteiger partial charge in [-0.15, -0.1) is 0 Å². The fourth-order valence-corrected chi connectivity index (χ4v) is 3.07. The minimum Gasteiger partial charge on any atom is -0.482 e. The molecule has 1 aromatic rings. The molecule has 1 amide bonds. The molecule has 5 nitrogen and oxygen atoms in total. The topological polar surface area (TPSA) is 50.8 Å². The summed E-state index contributed by atoms with van der Waals surface area (Å²) in [5.74, 6) is 0.344. The van der Waals surface area contributed by atoms with Gasteiger partial charge in [0.25, 0.3) is 5.91 Å². The number of carbonyl (C=O) groups is 1. The lowest BCUT2D eigenvalue weighted by Gasteiger charge is -2.26. The monoisotopic (exact) mass is 360 g/mol. The van der Waals surface area contributed by atoms with E-state index < -0.39 is 0 Å². The molecule has 128 valence electrons. The molecule has 0 unspecified atom stereocenters. The third-order valence-electron chi connectivity index (χ3n) is 3.62. The predicted molar refractivity (Wildman–Crippen MR) is 91.6 cm³/mol. The Kier molecular flexibility index (Phi) is 7.43. The van der Waals surface area contributed by atoms with Crippen molar-refractivity contribution in [3.05, 3.63) is 27.7 Å². The summed E-state index contributed by atoms with van der Waals surface area (Å²) < 4.78 is 10.8. The van der Waals surface area contributed by atoms with Crippen molar-refractivity contribution < 1.29 is 14.3 Å². The van der Waals surface area contributed by atoms with Crippen LogP contribution in [0.2, 0.25) is 10.0 Å². The molecule has 1 aliphatic heterocycles. The molecule has 7 heteroatoms. The number of nitrogens with zero attached hydrogens (tertiary/aromatic N) is 1. The number of amides is 1. The van der Waals surface area contributed by atoms with Crippen LogP contribution in [-0.2, 0) is 9.53 Å². The third kappa shape index (κ3) is 6.18. The van der Waals surface area contributed by atoms with Crippen molar-refractivity contribution in [2.24, 2.45) is 0 Å². The van der Waals surface area contributed by atoms with E-state index in [4.69, 9.17) is 32.7 Å². The van der Waals surface area contributed by atoms with Crippen molar-refractivity contribution in [3.8, 4) is 5.75 Å². The van der Waals surface area contributed by atoms with Gasteiger partial charge in [-0.2, -0.15) is 0 Å². The van der Waals surface area contributed by atoms with E-state index in [9.17, 15) is 4.79 Å². The molecular weight excluding hydrogens is 339 g/mol. The second kappa shape index (κ2) is 9.33. The Hall–Kier alpha value is -1.01. The largest absolute Gasteiger partial charge is 0.482 e. The minimum atomic E-state index is -0.155. The van der Waals surface area contributed by atoms with Crippen molar-refractivity contribution >= 4 is 29.1 Å². The number of hydrogen-bond acceptors (Lipinski definition) is 4. The average Bonchev–Trinajstić information content (AvgIpc) is 2.51. The van der Waals surface area contributed by atoms with Gasteiger partial charge in [-0.05, 0) is 37.6 Å². The van der Waals surface area contributed by atoms with E-state index in [-0.39, 0.29) is 12.5 Å². The number of nitrogens with one attached hydrogen (secondary N) is 1. The van der Waals surface area contributed by atoms with Crippen molar-refractivity contribution in [2.45, 2.75) is 13.3 Å². The maximum absolute atomic E-state index is 11.8. The lowest BCUT2D eigenvalue weighted by molar-refractivity contribution is -0.123. The standard InChI is InChI=1S/C16H22Cl2N2O3/c1-12-9-13(17)10-14(18)16(12)23-11-15(21)19-3-2-4-20-5-7-22-8-6-20/h9-10H,2-8,11H2,1H3,(H,19,21). The molecule has 0 aromatic heterocycles. The first-order valence-electron chi connectivity index (χ1n) is 7.71. The van der Waals surface area contributed by atoms with Crippen LogP contribution in [0.4, 0.5) is 0 Å². The summed E-state index contributed by atoms with van der Waals surface area (Å²) in [6.45, 7) is 6.90. The summed E-state index contributed by atoms with van der Waals surface area (Å²) in [6.07, 6.45) is 0.909. The Morgan fingerprint density at radius 3 is 2.78 bits per heavy atom. The van der Waals surface area contributed by atoms with E-state index in [1.807, 2.05) is 6.92 Å². The highest BCUT2D eigenvalue weighted by molar-refractivity contribution is 6.35. The Balaban J connectivity index is 1.65. The van der Waals surface area contributed by atoms with E-state index in [0.717, 1.165) is 44.8 Å². The lowest BCUT2D eigenvalue weighted by atomic mass is 10.2. The molecule has 0 radical (unpaired) electrons. The second-order valence-corrected chi connectivity index (χ2v) is 6.32. The van der Waals surface area contributed by atoms with E-state index in [0.29, 0.717) is 22.3 Å². The Bertz CT molecular complexity index is 511. The highest BCUT2D eigenvalue weighted by Crippen LogP contribution is 2.31. The van der Waals surface area contributed by atoms with Crippen molar-refractivity contribution in [2.75, 3.05) is 46.0 Å². The molecule has 0 saturated carbocycles. The van der Waals surface area contributed by atoms with Crippen LogP contribution in [0.3, 0.4) is 0 Å². The number of aryl methyl sites for hydroxylation is 1. The fraction of sp³-hybridized carbons (Fsp3) is 0.562. The first kappa shape index (κ1) is 18.3. The molecular formula is C16H22Cl2N2O3. The zero-order valence-electron chi connectivity index (χ0n) is 13.2. The summed E-state index contributed by atoms with van der Waals surface area (Å²) in [7, 11) is 0. The molecule has 0 bridgehead atoms. The van der Waals surface area contributed by atoms with Crippen molar-refractivity contribution in [3.63, 3.8) is 0 Å². The van der Waals surface area contributed by atoms with Gasteiger partial charge in [0.05, 0.1) is 18.2 Å². The van der Waals surface area contributed by atoms with Crippen LogP contribution in [-0.4, -0.2) is 56.8 Å². The summed E-state index contributed by atoms with van der Waals surface area (Å²) >= 11 is 12.0. The molecule has 2 rings (SSSR count). The lowest BCUT2D eigenvalue weighted by Crippen LogP contribution is -2.38. The summed E-state index contributed by atoms with van der Waals surface area (Å²) in [4.78, 5) is 14.2. The predicted octanol–water partition coefficient (Wildman–Crippen LogP) is 2.52. The first-order chi connectivity index (χ1) is 11.1. The van der Waals surface area contributed by atoms with Gasteiger partial charge in [0.15, 0.2) is 6.61 Å². The molecule has 0 spiro atoms. The number of morpholine rings is 1. The first-order valence-corrected chi connectivity index (χ1v) is 8.47. The molecule has 1 fully saturated rings. The van der Waals surface area contributed by atoms with Crippen molar-refractivity contribution in [1.29, 1.82) is 0 Å². The summed E-state index contributed by atoms with van der Waals surface area (Å²) in [5.41, 5.74) is 0.808. The van der Waals surface area contributed by atoms with Crippen LogP contribution in [0, 0.1) is 6.92 Å². The second-order valence-electron chi connectivity index (χ2n) is 5.48. The van der Waals surface area contributed by atoms with Gasteiger partial charge in [0.1, 0.15) is 5.75 Å². The number of hydrogen-bond donors (Lipinski definition) is 1. The molecule has 23 heavy (non-hydrogen) atoms. The van der Waals surface area contributed by atoms with E-state index >= 15 is 0 Å². The van der Waals surface area contributed by atoms with Crippen LogP contribution in [0.15, 0.2) is 12.1 Å². The van der Waals surface area contributed by atoms with Gasteiger partial charge >= 0.3 is 0 Å². The van der Waals surface area contributed by atoms with E-state index in [1.54, 1.807) is 12.1 Å². The highest BCUT2D eigenvalue weighted by Gasteiger charge is 2.11. The zero-order chi connectivity index (χ0) is 16.7. The molecule has 1 saturated heterocycles. The molecule has 1 aliphatic rings. The van der Waals surface area contributed by atoms with Crippen LogP contribution in [0.1, 0.15) is 12.0 Å². The third-order valence-corrected chi connectivity index (χ3v) is 4.12. The van der Waals surface area contributed by atoms with Crippen LogP contribution >= 0.6 is 23.2 Å². The number of ether oxygens (including phenoxy) is 2. The summed E-state index contributed by atoms with van der Waals surface area (Å²) in [5, 5.41) is 3.81. The Labute approximate surface area is 146 Å². The molecule has 1 heterocycles. The SMILES string of the molecule is Cc1cc(Cl)cc(Cl)c1OCC(=O)NCCCN1CCOCC1. The average molecular weight is 361 g/mol. The van der Waals surface area contributed by atoms with E-state index in [1.165, 1.54) is 0 Å². The van der Waals surface area contributed by atoms with Gasteiger partial charge in [-0.3, -0.25) is 9.69 Å². The maximum Gasteiger partial charge on any atom is 0.257 e. The molecule has 1 N–H and O–H groups in total. The number of rotatable bonds is 7. The Morgan fingerprint density at radius 1 is 1.35 bits per heavy atom. The quantitative estimate of drug-likeness (QED) is 0.759. The van der Waals surface area contributed by atoms with Crippen LogP contribution < -0.4 is 10.1 Å². The van der Waals surface area contributed by atoms with Gasteiger partial charge < -0.3 is 14.8 Å². The normalized spacial score (nSPS) is 15.4. The van der Waals surface area contributed by atoms with Crippen LogP contribution in [0.5, 0.6) is 5.75 Å². The highest BCUT2D eigenvalue weighted by atomic mass is 35.5. The Morgan fingerprint density at radius 2 is 2.09 bits per heavy atom. The van der Waals surface area contributed by atoms with Gasteiger partial charge in [-0.1, -0.05) is 23.2 Å². The van der Waals surface area contributed by atoms with Gasteiger partial charge in [0.2, 0.25) is 0 Å². The van der Waals surface area contributed by atoms with E-state index in [2.05, 4.69) is 10.2 Å². The minimum absolute atomic E-state index is 0.0558. The number of benzene rings is 1. The van der Waals surface area contributed by atoms with Crippen molar-refractivity contribution in [1.82, 2.24) is 10.2 Å². The molecule has 0 atom stereocenters. The molecule has 1 aromatic carbocycles. The smallest absolute Gasteiger partial charge is 0.257 e. The summed E-state index contributed by atoms with van der Waals surface area (Å²) in [6, 6.07) is 3.36. The maximum atomic E-state index is 11.8. The number of halogens is 2. The fourth-order valence-electron chi connectivity index (χ4n) is 2.42. The van der Waals surface area contributed by atoms with Gasteiger partial charge in [-0.25, -0.2) is 0 Å². The molecule has 0 aliphatic carbocycles. The number of carbonyl (C=O) groups excluding carboxylic acids is 1. The van der Waals surface area contributed by atoms with Crippen LogP contribution in [0.25, 0.3) is 0 Å².